The van der Waals surface area contributed by atoms with Crippen LogP contribution in [0.5, 0.6) is 0 Å². The number of carbonyl (C=O) groups excluding carboxylic acids is 1. The zero-order valence-electron chi connectivity index (χ0n) is 8.86. The third-order valence-electron chi connectivity index (χ3n) is 1.89. The molecule has 8 heteroatoms. The van der Waals surface area contributed by atoms with Gasteiger partial charge in [-0.3, -0.25) is 4.79 Å². The standard InChI is InChI=1S/C9H11NO5S2/c1-4(11)16-2-5(12)7(13)8-6(9(14)15)10-3-17-8/h3,5,7,12-13H,2H2,1H3,(H,14,15). The van der Waals surface area contributed by atoms with Crippen LogP contribution in [-0.4, -0.2) is 43.2 Å². The van der Waals surface area contributed by atoms with Gasteiger partial charge in [0.1, 0.15) is 6.10 Å². The highest BCUT2D eigenvalue weighted by atomic mass is 32.2. The van der Waals surface area contributed by atoms with E-state index in [1.165, 1.54) is 12.4 Å². The fourth-order valence-electron chi connectivity index (χ4n) is 1.09. The minimum atomic E-state index is -1.35. The van der Waals surface area contributed by atoms with Crippen LogP contribution >= 0.6 is 23.1 Å². The summed E-state index contributed by atoms with van der Waals surface area (Å²) in [4.78, 5) is 25.1. The van der Waals surface area contributed by atoms with Crippen molar-refractivity contribution in [3.63, 3.8) is 0 Å². The molecule has 0 aromatic carbocycles. The van der Waals surface area contributed by atoms with Crippen LogP contribution in [0, 0.1) is 0 Å². The van der Waals surface area contributed by atoms with E-state index in [2.05, 4.69) is 4.98 Å². The van der Waals surface area contributed by atoms with Crippen LogP contribution in [-0.2, 0) is 4.79 Å². The zero-order chi connectivity index (χ0) is 13.0. The van der Waals surface area contributed by atoms with Crippen LogP contribution in [0.1, 0.15) is 28.4 Å². The van der Waals surface area contributed by atoms with E-state index < -0.39 is 18.2 Å². The molecule has 0 aliphatic rings. The average Bonchev–Trinajstić information content (AvgIpc) is 2.73. The number of aromatic carboxylic acids is 1. The minimum absolute atomic E-state index is 0.00740. The lowest BCUT2D eigenvalue weighted by molar-refractivity contribution is -0.109. The lowest BCUT2D eigenvalue weighted by Gasteiger charge is -2.15. The van der Waals surface area contributed by atoms with Crippen molar-refractivity contribution < 1.29 is 24.9 Å². The molecule has 0 aliphatic carbocycles. The van der Waals surface area contributed by atoms with Gasteiger partial charge in [-0.05, 0) is 0 Å². The monoisotopic (exact) mass is 277 g/mol. The summed E-state index contributed by atoms with van der Waals surface area (Å²) in [6, 6.07) is 0. The highest BCUT2D eigenvalue weighted by molar-refractivity contribution is 8.13. The van der Waals surface area contributed by atoms with Gasteiger partial charge in [0.05, 0.1) is 16.5 Å². The van der Waals surface area contributed by atoms with Crippen molar-refractivity contribution in [2.24, 2.45) is 0 Å². The Morgan fingerprint density at radius 2 is 2.18 bits per heavy atom. The fourth-order valence-corrected chi connectivity index (χ4v) is 2.50. The Kier molecular flexibility index (Phi) is 5.06. The van der Waals surface area contributed by atoms with E-state index in [1.54, 1.807) is 0 Å². The molecule has 0 aliphatic heterocycles. The van der Waals surface area contributed by atoms with Crippen molar-refractivity contribution in [2.45, 2.75) is 19.1 Å². The molecule has 3 N–H and O–H groups in total. The molecule has 94 valence electrons. The third-order valence-corrected chi connectivity index (χ3v) is 3.70. The van der Waals surface area contributed by atoms with E-state index in [0.29, 0.717) is 0 Å². The summed E-state index contributed by atoms with van der Waals surface area (Å²) in [5.41, 5.74) is 1.02. The molecule has 0 saturated heterocycles. The molecule has 17 heavy (non-hydrogen) atoms. The van der Waals surface area contributed by atoms with Crippen LogP contribution in [0.25, 0.3) is 0 Å². The summed E-state index contributed by atoms with van der Waals surface area (Å²) in [5.74, 6) is -1.25. The van der Waals surface area contributed by atoms with Gasteiger partial charge in [-0.15, -0.1) is 11.3 Å². The number of nitrogens with zero attached hydrogens (tertiary/aromatic N) is 1. The Balaban J connectivity index is 2.74. The second kappa shape index (κ2) is 6.10. The van der Waals surface area contributed by atoms with Gasteiger partial charge in [0.15, 0.2) is 10.8 Å². The number of carboxylic acids is 1. The molecule has 1 rings (SSSR count). The second-order valence-electron chi connectivity index (χ2n) is 3.19. The molecule has 0 amide bonds. The lowest BCUT2D eigenvalue weighted by atomic mass is 10.1. The second-order valence-corrected chi connectivity index (χ2v) is 5.27. The average molecular weight is 277 g/mol. The summed E-state index contributed by atoms with van der Waals surface area (Å²) in [7, 11) is 0. The Labute approximate surface area is 105 Å². The molecule has 1 aromatic heterocycles. The summed E-state index contributed by atoms with van der Waals surface area (Å²) >= 11 is 1.82. The number of hydrogen-bond donors (Lipinski definition) is 3. The Hall–Kier alpha value is -0.960. The maximum Gasteiger partial charge on any atom is 0.355 e. The molecule has 0 fully saturated rings. The van der Waals surface area contributed by atoms with Crippen LogP contribution < -0.4 is 0 Å². The predicted octanol–water partition coefficient (Wildman–Crippen LogP) is 0.515. The van der Waals surface area contributed by atoms with E-state index >= 15 is 0 Å². The fraction of sp³-hybridized carbons (Fsp3) is 0.444. The quantitative estimate of drug-likeness (QED) is 0.719. The van der Waals surface area contributed by atoms with Crippen molar-refractivity contribution in [3.05, 3.63) is 16.1 Å². The maximum absolute atomic E-state index is 10.8. The first-order valence-electron chi connectivity index (χ1n) is 4.59. The number of aromatic nitrogens is 1. The number of hydrogen-bond acceptors (Lipinski definition) is 7. The first kappa shape index (κ1) is 14.1. The third kappa shape index (κ3) is 3.77. The molecule has 0 spiro atoms. The van der Waals surface area contributed by atoms with Gasteiger partial charge >= 0.3 is 5.97 Å². The van der Waals surface area contributed by atoms with Gasteiger partial charge in [0.2, 0.25) is 0 Å². The van der Waals surface area contributed by atoms with Crippen molar-refractivity contribution in [2.75, 3.05) is 5.75 Å². The molecule has 1 aromatic rings. The summed E-state index contributed by atoms with van der Waals surface area (Å²) in [5, 5.41) is 28.0. The van der Waals surface area contributed by atoms with Gasteiger partial charge in [0, 0.05) is 12.7 Å². The first-order chi connectivity index (χ1) is 7.93. The van der Waals surface area contributed by atoms with Crippen LogP contribution in [0.15, 0.2) is 5.51 Å². The minimum Gasteiger partial charge on any atom is -0.476 e. The van der Waals surface area contributed by atoms with E-state index in [9.17, 15) is 19.8 Å². The number of carboxylic acid groups (broad SMARTS) is 1. The number of thioether (sulfide) groups is 1. The van der Waals surface area contributed by atoms with Crippen molar-refractivity contribution >= 4 is 34.2 Å². The van der Waals surface area contributed by atoms with Gasteiger partial charge in [-0.2, -0.15) is 0 Å². The molecular formula is C9H11NO5S2. The van der Waals surface area contributed by atoms with E-state index in [0.717, 1.165) is 23.1 Å². The van der Waals surface area contributed by atoms with Gasteiger partial charge in [-0.25, -0.2) is 9.78 Å². The Morgan fingerprint density at radius 1 is 1.53 bits per heavy atom. The first-order valence-corrected chi connectivity index (χ1v) is 6.46. The van der Waals surface area contributed by atoms with Crippen LogP contribution in [0.3, 0.4) is 0 Å². The largest absolute Gasteiger partial charge is 0.476 e. The summed E-state index contributed by atoms with van der Waals surface area (Å²) < 4.78 is 0. The van der Waals surface area contributed by atoms with Crippen molar-refractivity contribution in [1.82, 2.24) is 4.98 Å². The van der Waals surface area contributed by atoms with Gasteiger partial charge in [-0.1, -0.05) is 11.8 Å². The molecular weight excluding hydrogens is 266 g/mol. The molecule has 1 heterocycles. The SMILES string of the molecule is CC(=O)SCC(O)C(O)c1scnc1C(=O)O. The van der Waals surface area contributed by atoms with Crippen LogP contribution in [0.4, 0.5) is 0 Å². The van der Waals surface area contributed by atoms with E-state index in [4.69, 9.17) is 5.11 Å². The Bertz CT molecular complexity index is 419. The van der Waals surface area contributed by atoms with E-state index in [-0.39, 0.29) is 21.4 Å². The Morgan fingerprint density at radius 3 is 2.71 bits per heavy atom. The highest BCUT2D eigenvalue weighted by Crippen LogP contribution is 2.26. The normalized spacial score (nSPS) is 14.3. The zero-order valence-corrected chi connectivity index (χ0v) is 10.5. The highest BCUT2D eigenvalue weighted by Gasteiger charge is 2.26. The summed E-state index contributed by atoms with van der Waals surface area (Å²) in [6.07, 6.45) is -2.55. The molecule has 0 saturated carbocycles. The van der Waals surface area contributed by atoms with Crippen molar-refractivity contribution in [1.29, 1.82) is 0 Å². The van der Waals surface area contributed by atoms with E-state index in [1.807, 2.05) is 0 Å². The molecule has 6 nitrogen and oxygen atoms in total. The molecule has 0 bridgehead atoms. The summed E-state index contributed by atoms with van der Waals surface area (Å²) in [6.45, 7) is 1.35. The number of carbonyl (C=O) groups is 2. The van der Waals surface area contributed by atoms with Gasteiger partial charge in [0.25, 0.3) is 0 Å². The molecule has 2 atom stereocenters. The lowest BCUT2D eigenvalue weighted by Crippen LogP contribution is -2.22. The topological polar surface area (TPSA) is 108 Å². The number of thiazole rings is 1. The number of aliphatic hydroxyl groups excluding tert-OH is 2. The van der Waals surface area contributed by atoms with Gasteiger partial charge < -0.3 is 15.3 Å². The predicted molar refractivity (Wildman–Crippen MR) is 63.2 cm³/mol. The molecule has 0 radical (unpaired) electrons. The molecule has 2 unspecified atom stereocenters. The maximum atomic E-state index is 10.8. The van der Waals surface area contributed by atoms with Crippen molar-refractivity contribution in [3.8, 4) is 0 Å². The number of rotatable bonds is 5. The number of aliphatic hydroxyl groups is 2. The smallest absolute Gasteiger partial charge is 0.355 e. The van der Waals surface area contributed by atoms with Crippen LogP contribution in [0.2, 0.25) is 0 Å².